The smallest absolute Gasteiger partial charge is 0.255 e. The third-order valence-corrected chi connectivity index (χ3v) is 4.73. The van der Waals surface area contributed by atoms with Crippen molar-refractivity contribution in [3.05, 3.63) is 46.1 Å². The first-order valence-corrected chi connectivity index (χ1v) is 8.37. The van der Waals surface area contributed by atoms with Crippen LogP contribution in [-0.4, -0.2) is 38.8 Å². The molecule has 1 atom stereocenters. The Hall–Kier alpha value is -2.50. The van der Waals surface area contributed by atoms with Gasteiger partial charge < -0.3 is 9.88 Å². The first-order valence-electron chi connectivity index (χ1n) is 8.37. The Labute approximate surface area is 148 Å². The lowest BCUT2D eigenvalue weighted by Gasteiger charge is -2.35. The number of carbonyl (C=O) groups excluding carboxylic acids is 1. The van der Waals surface area contributed by atoms with Crippen molar-refractivity contribution < 1.29 is 4.79 Å². The van der Waals surface area contributed by atoms with Gasteiger partial charge in [0.25, 0.3) is 5.56 Å². The van der Waals surface area contributed by atoms with Crippen LogP contribution in [0, 0.1) is 12.3 Å². The molecule has 0 fully saturated rings. The Balaban J connectivity index is 2.26. The number of pyridine rings is 1. The monoisotopic (exact) mass is 342 g/mol. The maximum absolute atomic E-state index is 12.6. The van der Waals surface area contributed by atoms with Gasteiger partial charge in [-0.1, -0.05) is 20.8 Å². The molecule has 2 rings (SSSR count). The highest BCUT2D eigenvalue weighted by Crippen LogP contribution is 2.23. The Kier molecular flexibility index (Phi) is 5.40. The summed E-state index contributed by atoms with van der Waals surface area (Å²) in [5.41, 5.74) is 1.46. The Morgan fingerprint density at radius 2 is 1.88 bits per heavy atom. The molecule has 0 saturated heterocycles. The van der Waals surface area contributed by atoms with Crippen molar-refractivity contribution in [2.24, 2.45) is 5.41 Å². The summed E-state index contributed by atoms with van der Waals surface area (Å²) in [7, 11) is 1.78. The zero-order valence-electron chi connectivity index (χ0n) is 15.8. The van der Waals surface area contributed by atoms with E-state index in [1.165, 1.54) is 0 Å². The third-order valence-electron chi connectivity index (χ3n) is 4.73. The zero-order chi connectivity index (χ0) is 18.8. The molecule has 6 heteroatoms. The molecular weight excluding hydrogens is 316 g/mol. The second kappa shape index (κ2) is 7.17. The fraction of sp³-hybridized carbons (Fsp3) is 0.474. The molecule has 0 saturated carbocycles. The van der Waals surface area contributed by atoms with E-state index in [2.05, 4.69) is 35.7 Å². The highest BCUT2D eigenvalue weighted by molar-refractivity contribution is 5.79. The van der Waals surface area contributed by atoms with Crippen molar-refractivity contribution in [1.29, 1.82) is 0 Å². The maximum atomic E-state index is 12.6. The Morgan fingerprint density at radius 3 is 2.40 bits per heavy atom. The van der Waals surface area contributed by atoms with E-state index >= 15 is 0 Å². The number of nitrogens with one attached hydrogen (secondary N) is 1. The number of rotatable bonds is 4. The molecule has 1 amide bonds. The SMILES string of the molecule is Cc1nc(-c2ccncc2)[nH]c(=O)c1CC(=O)N(C)[C@@H](C)C(C)(C)C. The molecule has 134 valence electrons. The van der Waals surface area contributed by atoms with Gasteiger partial charge >= 0.3 is 0 Å². The van der Waals surface area contributed by atoms with Crippen LogP contribution < -0.4 is 5.56 Å². The van der Waals surface area contributed by atoms with E-state index in [4.69, 9.17) is 0 Å². The second-order valence-corrected chi connectivity index (χ2v) is 7.44. The molecule has 0 aromatic carbocycles. The Bertz CT molecular complexity index is 806. The van der Waals surface area contributed by atoms with E-state index in [9.17, 15) is 9.59 Å². The van der Waals surface area contributed by atoms with Gasteiger partial charge in [0.2, 0.25) is 5.91 Å². The highest BCUT2D eigenvalue weighted by atomic mass is 16.2. The number of aromatic nitrogens is 3. The van der Waals surface area contributed by atoms with Gasteiger partial charge in [-0.05, 0) is 31.4 Å². The predicted octanol–water partition coefficient (Wildman–Crippen LogP) is 2.58. The number of likely N-dealkylation sites (N-methyl/N-ethyl adjacent to an activating group) is 1. The number of hydrogen-bond donors (Lipinski definition) is 1. The van der Waals surface area contributed by atoms with Crippen LogP contribution in [0.2, 0.25) is 0 Å². The zero-order valence-corrected chi connectivity index (χ0v) is 15.8. The van der Waals surface area contributed by atoms with Gasteiger partial charge in [-0.2, -0.15) is 0 Å². The molecule has 0 aliphatic rings. The largest absolute Gasteiger partial charge is 0.342 e. The summed E-state index contributed by atoms with van der Waals surface area (Å²) in [6.45, 7) is 10.0. The maximum Gasteiger partial charge on any atom is 0.255 e. The average molecular weight is 342 g/mol. The highest BCUT2D eigenvalue weighted by Gasteiger charge is 2.27. The van der Waals surface area contributed by atoms with Crippen molar-refractivity contribution in [3.63, 3.8) is 0 Å². The summed E-state index contributed by atoms with van der Waals surface area (Å²) in [5.74, 6) is 0.395. The summed E-state index contributed by atoms with van der Waals surface area (Å²) < 4.78 is 0. The summed E-state index contributed by atoms with van der Waals surface area (Å²) in [5, 5.41) is 0. The van der Waals surface area contributed by atoms with Crippen LogP contribution in [0.4, 0.5) is 0 Å². The van der Waals surface area contributed by atoms with Crippen LogP contribution in [0.1, 0.15) is 39.0 Å². The Morgan fingerprint density at radius 1 is 1.28 bits per heavy atom. The lowest BCUT2D eigenvalue weighted by molar-refractivity contribution is -0.132. The van der Waals surface area contributed by atoms with Gasteiger partial charge in [-0.15, -0.1) is 0 Å². The van der Waals surface area contributed by atoms with Gasteiger partial charge in [0, 0.05) is 42.3 Å². The van der Waals surface area contributed by atoms with E-state index in [-0.39, 0.29) is 29.3 Å². The van der Waals surface area contributed by atoms with Crippen LogP contribution in [-0.2, 0) is 11.2 Å². The van der Waals surface area contributed by atoms with Gasteiger partial charge in [-0.3, -0.25) is 14.6 Å². The number of amides is 1. The third kappa shape index (κ3) is 4.32. The quantitative estimate of drug-likeness (QED) is 0.926. The second-order valence-electron chi connectivity index (χ2n) is 7.44. The average Bonchev–Trinajstić information content (AvgIpc) is 2.56. The molecule has 0 aliphatic heterocycles. The standard InChI is InChI=1S/C19H26N4O2/c1-12-15(11-16(24)23(6)13(2)19(3,4)5)18(25)22-17(21-12)14-7-9-20-10-8-14/h7-10,13H,11H2,1-6H3,(H,21,22,25)/t13-/m0/s1. The van der Waals surface area contributed by atoms with Gasteiger partial charge in [0.15, 0.2) is 0 Å². The molecule has 2 aromatic rings. The number of nitrogens with zero attached hydrogens (tertiary/aromatic N) is 3. The first-order chi connectivity index (χ1) is 11.6. The van der Waals surface area contributed by atoms with Crippen molar-refractivity contribution in [1.82, 2.24) is 19.9 Å². The van der Waals surface area contributed by atoms with Crippen LogP contribution >= 0.6 is 0 Å². The number of aromatic amines is 1. The summed E-state index contributed by atoms with van der Waals surface area (Å²) in [6, 6.07) is 3.62. The molecule has 1 N–H and O–H groups in total. The fourth-order valence-corrected chi connectivity index (χ4v) is 2.54. The molecule has 2 heterocycles. The lowest BCUT2D eigenvalue weighted by Crippen LogP contribution is -2.44. The molecule has 0 radical (unpaired) electrons. The summed E-state index contributed by atoms with van der Waals surface area (Å²) >= 11 is 0. The summed E-state index contributed by atoms with van der Waals surface area (Å²) in [4.78, 5) is 38.0. The topological polar surface area (TPSA) is 79.0 Å². The summed E-state index contributed by atoms with van der Waals surface area (Å²) in [6.07, 6.45) is 3.33. The minimum Gasteiger partial charge on any atom is -0.342 e. The van der Waals surface area contributed by atoms with Crippen molar-refractivity contribution in [3.8, 4) is 11.4 Å². The van der Waals surface area contributed by atoms with Crippen LogP contribution in [0.25, 0.3) is 11.4 Å². The van der Waals surface area contributed by atoms with Crippen LogP contribution in [0.5, 0.6) is 0 Å². The van der Waals surface area contributed by atoms with E-state index in [0.717, 1.165) is 5.56 Å². The van der Waals surface area contributed by atoms with Crippen LogP contribution in [0.15, 0.2) is 29.3 Å². The van der Waals surface area contributed by atoms with Gasteiger partial charge in [0.1, 0.15) is 5.82 Å². The number of H-pyrrole nitrogens is 1. The van der Waals surface area contributed by atoms with Crippen molar-refractivity contribution in [2.45, 2.75) is 47.1 Å². The molecule has 0 spiro atoms. The minimum absolute atomic E-state index is 0.0324. The van der Waals surface area contributed by atoms with Crippen LogP contribution in [0.3, 0.4) is 0 Å². The van der Waals surface area contributed by atoms with Crippen molar-refractivity contribution >= 4 is 5.91 Å². The number of carbonyl (C=O) groups is 1. The molecule has 2 aromatic heterocycles. The molecule has 0 bridgehead atoms. The molecule has 0 unspecified atom stereocenters. The van der Waals surface area contributed by atoms with E-state index < -0.39 is 0 Å². The van der Waals surface area contributed by atoms with E-state index in [1.54, 1.807) is 43.4 Å². The lowest BCUT2D eigenvalue weighted by atomic mass is 9.87. The van der Waals surface area contributed by atoms with E-state index in [1.807, 2.05) is 6.92 Å². The fourth-order valence-electron chi connectivity index (χ4n) is 2.54. The molecule has 25 heavy (non-hydrogen) atoms. The van der Waals surface area contributed by atoms with Gasteiger partial charge in [0.05, 0.1) is 6.42 Å². The number of aryl methyl sites for hydroxylation is 1. The first kappa shape index (κ1) is 18.8. The van der Waals surface area contributed by atoms with Crippen molar-refractivity contribution in [2.75, 3.05) is 7.05 Å². The molecule has 0 aliphatic carbocycles. The number of hydrogen-bond acceptors (Lipinski definition) is 4. The van der Waals surface area contributed by atoms with Gasteiger partial charge in [-0.25, -0.2) is 4.98 Å². The molecule has 6 nitrogen and oxygen atoms in total. The minimum atomic E-state index is -0.274. The normalized spacial score (nSPS) is 12.7. The predicted molar refractivity (Wildman–Crippen MR) is 98.2 cm³/mol. The molecular formula is C19H26N4O2. The van der Waals surface area contributed by atoms with E-state index in [0.29, 0.717) is 17.1 Å².